The summed E-state index contributed by atoms with van der Waals surface area (Å²) in [6.07, 6.45) is 1.49. The normalized spacial score (nSPS) is 23.4. The topological polar surface area (TPSA) is 116 Å². The zero-order valence-electron chi connectivity index (χ0n) is 22.1. The van der Waals surface area contributed by atoms with Gasteiger partial charge >= 0.3 is 0 Å². The van der Waals surface area contributed by atoms with Gasteiger partial charge in [-0.2, -0.15) is 5.26 Å². The third kappa shape index (κ3) is 2.93. The van der Waals surface area contributed by atoms with Crippen LogP contribution >= 0.6 is 0 Å². The van der Waals surface area contributed by atoms with E-state index in [4.69, 9.17) is 4.74 Å². The van der Waals surface area contributed by atoms with Crippen molar-refractivity contribution in [2.24, 2.45) is 0 Å². The lowest BCUT2D eigenvalue weighted by Crippen LogP contribution is -2.34. The number of anilines is 1. The lowest BCUT2D eigenvalue weighted by molar-refractivity contribution is -0.0818. The van der Waals surface area contributed by atoms with Gasteiger partial charge in [0.1, 0.15) is 5.60 Å². The number of aromatic hydroxyl groups is 2. The summed E-state index contributed by atoms with van der Waals surface area (Å²) >= 11 is 0. The minimum absolute atomic E-state index is 0.109. The predicted molar refractivity (Wildman–Crippen MR) is 154 cm³/mol. The maximum Gasteiger partial charge on any atom is 0.265 e. The zero-order valence-corrected chi connectivity index (χ0v) is 22.9. The molecule has 3 aliphatic rings. The van der Waals surface area contributed by atoms with Crippen LogP contribution in [-0.2, 0) is 26.0 Å². The Morgan fingerprint density at radius 2 is 1.63 bits per heavy atom. The maximum absolute atomic E-state index is 13.6. The summed E-state index contributed by atoms with van der Waals surface area (Å²) in [4.78, 5) is 0.298. The lowest BCUT2D eigenvalue weighted by Gasteiger charge is -2.29. The molecule has 8 rings (SSSR count). The SMILES string of the molecule is C[C@@]12CC[C@@](CCN3c4cccc5cccc(c45)S3(=O)=O)(O1)c1c2c(O)n(-c2ccc(C#N)c3ccccc23)c1O. The van der Waals surface area contributed by atoms with Crippen LogP contribution in [0.25, 0.3) is 27.2 Å². The molecule has 1 fully saturated rings. The van der Waals surface area contributed by atoms with Crippen molar-refractivity contribution in [1.29, 1.82) is 5.26 Å². The second kappa shape index (κ2) is 7.81. The molecular formula is C32H25N3O5S. The number of fused-ring (bicyclic) bond motifs is 6. The molecule has 1 aromatic heterocycles. The summed E-state index contributed by atoms with van der Waals surface area (Å²) < 4.78 is 36.8. The number of nitrogens with zero attached hydrogens (tertiary/aromatic N) is 3. The Morgan fingerprint density at radius 3 is 2.41 bits per heavy atom. The molecule has 8 nitrogen and oxygen atoms in total. The second-order valence-corrected chi connectivity index (χ2v) is 13.1. The highest BCUT2D eigenvalue weighted by atomic mass is 32.2. The number of rotatable bonds is 4. The molecule has 204 valence electrons. The Kier molecular flexibility index (Phi) is 4.63. The van der Waals surface area contributed by atoms with Crippen LogP contribution in [0.1, 0.15) is 42.9 Å². The number of aromatic nitrogens is 1. The van der Waals surface area contributed by atoms with Gasteiger partial charge in [0.15, 0.2) is 0 Å². The Balaban J connectivity index is 1.25. The lowest BCUT2D eigenvalue weighted by atomic mass is 9.78. The van der Waals surface area contributed by atoms with E-state index < -0.39 is 21.2 Å². The van der Waals surface area contributed by atoms with Crippen molar-refractivity contribution >= 4 is 37.3 Å². The highest BCUT2D eigenvalue weighted by Crippen LogP contribution is 2.66. The van der Waals surface area contributed by atoms with Crippen LogP contribution in [-0.4, -0.2) is 29.7 Å². The number of benzene rings is 4. The monoisotopic (exact) mass is 563 g/mol. The smallest absolute Gasteiger partial charge is 0.265 e. The Hall–Kier alpha value is -4.52. The second-order valence-electron chi connectivity index (χ2n) is 11.3. The van der Waals surface area contributed by atoms with Crippen molar-refractivity contribution in [3.63, 3.8) is 0 Å². The first-order chi connectivity index (χ1) is 19.7. The molecule has 0 spiro atoms. The summed E-state index contributed by atoms with van der Waals surface area (Å²) in [6, 6.07) is 23.9. The highest BCUT2D eigenvalue weighted by molar-refractivity contribution is 7.93. The average molecular weight is 564 g/mol. The van der Waals surface area contributed by atoms with Gasteiger partial charge in [-0.05, 0) is 55.8 Å². The van der Waals surface area contributed by atoms with Crippen LogP contribution in [0.5, 0.6) is 11.8 Å². The van der Waals surface area contributed by atoms with Crippen molar-refractivity contribution in [1.82, 2.24) is 4.57 Å². The minimum Gasteiger partial charge on any atom is -0.494 e. The van der Waals surface area contributed by atoms with Crippen LogP contribution in [0, 0.1) is 11.3 Å². The molecule has 4 aromatic carbocycles. The fourth-order valence-corrected chi connectivity index (χ4v) is 9.10. The van der Waals surface area contributed by atoms with Gasteiger partial charge in [-0.3, -0.25) is 8.87 Å². The van der Waals surface area contributed by atoms with Gasteiger partial charge < -0.3 is 14.9 Å². The molecule has 2 N–H and O–H groups in total. The fraction of sp³-hybridized carbons (Fsp3) is 0.219. The van der Waals surface area contributed by atoms with Crippen LogP contribution in [0.4, 0.5) is 5.69 Å². The summed E-state index contributed by atoms with van der Waals surface area (Å²) in [6.45, 7) is 2.06. The zero-order chi connectivity index (χ0) is 28.3. The summed E-state index contributed by atoms with van der Waals surface area (Å²) in [5.41, 5.74) is 0.912. The number of nitriles is 1. The van der Waals surface area contributed by atoms with E-state index in [-0.39, 0.29) is 18.3 Å². The molecule has 41 heavy (non-hydrogen) atoms. The molecule has 0 radical (unpaired) electrons. The minimum atomic E-state index is -3.76. The van der Waals surface area contributed by atoms with Crippen molar-refractivity contribution in [2.75, 3.05) is 10.8 Å². The van der Waals surface area contributed by atoms with Crippen LogP contribution < -0.4 is 4.31 Å². The summed E-state index contributed by atoms with van der Waals surface area (Å²) in [7, 11) is -3.76. The van der Waals surface area contributed by atoms with E-state index in [0.29, 0.717) is 63.0 Å². The van der Waals surface area contributed by atoms with E-state index in [1.165, 1.54) is 8.87 Å². The van der Waals surface area contributed by atoms with Crippen LogP contribution in [0.15, 0.2) is 77.7 Å². The molecule has 5 aromatic rings. The summed E-state index contributed by atoms with van der Waals surface area (Å²) in [5.74, 6) is -0.243. The number of ether oxygens (including phenoxy) is 1. The molecule has 0 saturated carbocycles. The highest BCUT2D eigenvalue weighted by Gasteiger charge is 2.61. The third-order valence-electron chi connectivity index (χ3n) is 9.19. The van der Waals surface area contributed by atoms with Crippen LogP contribution in [0.2, 0.25) is 0 Å². The average Bonchev–Trinajstić information content (AvgIpc) is 3.62. The van der Waals surface area contributed by atoms with E-state index in [0.717, 1.165) is 10.8 Å². The molecule has 4 heterocycles. The number of hydrogen-bond acceptors (Lipinski definition) is 6. The van der Waals surface area contributed by atoms with E-state index in [2.05, 4.69) is 6.07 Å². The maximum atomic E-state index is 13.6. The van der Waals surface area contributed by atoms with Crippen molar-refractivity contribution in [2.45, 2.75) is 42.3 Å². The Bertz CT molecular complexity index is 2120. The molecule has 0 unspecified atom stereocenters. The third-order valence-corrected chi connectivity index (χ3v) is 11.0. The quantitative estimate of drug-likeness (QED) is 0.281. The van der Waals surface area contributed by atoms with Crippen molar-refractivity contribution < 1.29 is 23.4 Å². The predicted octanol–water partition coefficient (Wildman–Crippen LogP) is 5.90. The van der Waals surface area contributed by atoms with E-state index >= 15 is 0 Å². The van der Waals surface area contributed by atoms with Gasteiger partial charge in [0.2, 0.25) is 11.8 Å². The fourth-order valence-electron chi connectivity index (χ4n) is 7.39. The van der Waals surface area contributed by atoms with Gasteiger partial charge in [0.05, 0.1) is 44.6 Å². The van der Waals surface area contributed by atoms with E-state index in [1.807, 2.05) is 55.5 Å². The number of hydrogen-bond donors (Lipinski definition) is 2. The van der Waals surface area contributed by atoms with Gasteiger partial charge in [0, 0.05) is 22.7 Å². The van der Waals surface area contributed by atoms with E-state index in [1.54, 1.807) is 24.3 Å². The summed E-state index contributed by atoms with van der Waals surface area (Å²) in [5, 5.41) is 36.0. The molecule has 9 heteroatoms. The van der Waals surface area contributed by atoms with Gasteiger partial charge in [-0.25, -0.2) is 8.42 Å². The Labute approximate surface area is 236 Å². The van der Waals surface area contributed by atoms with E-state index in [9.17, 15) is 23.9 Å². The number of sulfonamides is 1. The molecule has 1 saturated heterocycles. The molecule has 2 atom stereocenters. The first kappa shape index (κ1) is 24.3. The Morgan fingerprint density at radius 1 is 0.902 bits per heavy atom. The largest absolute Gasteiger partial charge is 0.494 e. The first-order valence-corrected chi connectivity index (χ1v) is 15.0. The van der Waals surface area contributed by atoms with Crippen molar-refractivity contribution in [3.8, 4) is 23.5 Å². The molecule has 2 bridgehead atoms. The standard InChI is InChI=1S/C32H25N3O5S/c1-31-14-15-32(40-31,16-17-34-24-10-4-6-19-7-5-11-25(26(19)24)41(34,38)39)28-27(31)29(36)35(30(28)37)23-13-12-20(18-33)21-8-2-3-9-22(21)23/h2-13,36-37H,14-17H2,1H3/t31-,32-/m0/s1. The van der Waals surface area contributed by atoms with Crippen LogP contribution in [0.3, 0.4) is 0 Å². The van der Waals surface area contributed by atoms with Gasteiger partial charge in [-0.15, -0.1) is 0 Å². The first-order valence-electron chi connectivity index (χ1n) is 13.5. The molecule has 0 aliphatic carbocycles. The molecule has 3 aliphatic heterocycles. The van der Waals surface area contributed by atoms with Crippen molar-refractivity contribution in [3.05, 3.63) is 89.5 Å². The van der Waals surface area contributed by atoms with Gasteiger partial charge in [-0.1, -0.05) is 48.5 Å². The molecular weight excluding hydrogens is 538 g/mol. The van der Waals surface area contributed by atoms with Gasteiger partial charge in [0.25, 0.3) is 10.0 Å². The molecule has 0 amide bonds.